The molecule has 1 heterocycles. The smallest absolute Gasteiger partial charge is 0.414 e. The first-order valence-electron chi connectivity index (χ1n) is 6.72. The van der Waals surface area contributed by atoms with Gasteiger partial charge in [-0.15, -0.1) is 0 Å². The van der Waals surface area contributed by atoms with Crippen molar-refractivity contribution in [2.24, 2.45) is 0 Å². The predicted molar refractivity (Wildman–Crippen MR) is 75.3 cm³/mol. The van der Waals surface area contributed by atoms with Gasteiger partial charge in [-0.05, 0) is 38.3 Å². The number of alkyl carbamates (subject to hydrolysis) is 1. The highest BCUT2D eigenvalue weighted by molar-refractivity contribution is 5.95. The van der Waals surface area contributed by atoms with E-state index in [1.807, 2.05) is 24.3 Å². The number of imide groups is 1. The third kappa shape index (κ3) is 3.57. The summed E-state index contributed by atoms with van der Waals surface area (Å²) in [4.78, 5) is 23.8. The van der Waals surface area contributed by atoms with Crippen LogP contribution in [0.3, 0.4) is 0 Å². The maximum Gasteiger partial charge on any atom is 0.414 e. The highest BCUT2D eigenvalue weighted by Gasteiger charge is 2.28. The molecule has 0 saturated carbocycles. The molecular formula is C15H20N2O3. The Morgan fingerprint density at radius 1 is 1.30 bits per heavy atom. The fraction of sp³-hybridized carbons (Fsp3) is 0.467. The van der Waals surface area contributed by atoms with Crippen LogP contribution in [0.25, 0.3) is 0 Å². The van der Waals surface area contributed by atoms with Gasteiger partial charge in [0, 0.05) is 6.54 Å². The fourth-order valence-corrected chi connectivity index (χ4v) is 2.21. The van der Waals surface area contributed by atoms with Crippen LogP contribution in [0.15, 0.2) is 24.3 Å². The summed E-state index contributed by atoms with van der Waals surface area (Å²) in [6, 6.07) is 7.24. The zero-order valence-corrected chi connectivity index (χ0v) is 12.0. The van der Waals surface area contributed by atoms with Crippen LogP contribution in [0.5, 0.6) is 0 Å². The van der Waals surface area contributed by atoms with Crippen molar-refractivity contribution in [3.63, 3.8) is 0 Å². The molecule has 0 fully saturated rings. The van der Waals surface area contributed by atoms with Crippen LogP contribution in [-0.4, -0.2) is 24.1 Å². The number of rotatable bonds is 1. The number of carbonyl (C=O) groups is 2. The van der Waals surface area contributed by atoms with E-state index in [-0.39, 0.29) is 5.91 Å². The van der Waals surface area contributed by atoms with Gasteiger partial charge < -0.3 is 10.1 Å². The molecular weight excluding hydrogens is 256 g/mol. The number of ether oxygens (including phenoxy) is 1. The summed E-state index contributed by atoms with van der Waals surface area (Å²) >= 11 is 0. The Morgan fingerprint density at radius 2 is 2.00 bits per heavy atom. The summed E-state index contributed by atoms with van der Waals surface area (Å²) in [7, 11) is 0. The van der Waals surface area contributed by atoms with Crippen molar-refractivity contribution in [3.8, 4) is 0 Å². The van der Waals surface area contributed by atoms with E-state index in [1.165, 1.54) is 0 Å². The van der Waals surface area contributed by atoms with Gasteiger partial charge in [0.05, 0.1) is 0 Å². The minimum atomic E-state index is -0.715. The van der Waals surface area contributed by atoms with Gasteiger partial charge in [0.25, 0.3) is 5.91 Å². The first kappa shape index (κ1) is 14.5. The number of hydrogen-bond donors (Lipinski definition) is 2. The van der Waals surface area contributed by atoms with Gasteiger partial charge in [-0.3, -0.25) is 10.1 Å². The van der Waals surface area contributed by atoms with E-state index in [9.17, 15) is 9.59 Å². The van der Waals surface area contributed by atoms with Crippen LogP contribution in [0, 0.1) is 0 Å². The molecule has 108 valence electrons. The van der Waals surface area contributed by atoms with Gasteiger partial charge in [0.1, 0.15) is 11.6 Å². The first-order chi connectivity index (χ1) is 9.37. The van der Waals surface area contributed by atoms with E-state index in [2.05, 4.69) is 10.6 Å². The summed E-state index contributed by atoms with van der Waals surface area (Å²) < 4.78 is 5.09. The van der Waals surface area contributed by atoms with Crippen molar-refractivity contribution in [2.45, 2.75) is 38.8 Å². The number of hydrogen-bond acceptors (Lipinski definition) is 4. The zero-order valence-electron chi connectivity index (χ0n) is 12.0. The van der Waals surface area contributed by atoms with E-state index < -0.39 is 17.7 Å². The number of fused-ring (bicyclic) bond motifs is 1. The molecule has 0 aliphatic carbocycles. The largest absolute Gasteiger partial charge is 0.444 e. The average Bonchev–Trinajstić information content (AvgIpc) is 2.35. The van der Waals surface area contributed by atoms with Gasteiger partial charge in [-0.2, -0.15) is 0 Å². The molecule has 0 radical (unpaired) electrons. The van der Waals surface area contributed by atoms with E-state index >= 15 is 0 Å². The van der Waals surface area contributed by atoms with Gasteiger partial charge in [0.2, 0.25) is 0 Å². The molecule has 1 aromatic carbocycles. The third-order valence-corrected chi connectivity index (χ3v) is 3.00. The van der Waals surface area contributed by atoms with E-state index in [0.717, 1.165) is 17.5 Å². The Kier molecular flexibility index (Phi) is 4.09. The SMILES string of the molecule is CC(C)(C)OC(=O)NC(=O)C1NCCc2ccccc21. The van der Waals surface area contributed by atoms with Crippen molar-refractivity contribution in [3.05, 3.63) is 35.4 Å². The maximum absolute atomic E-state index is 12.2. The van der Waals surface area contributed by atoms with E-state index in [1.54, 1.807) is 20.8 Å². The quantitative estimate of drug-likeness (QED) is 0.822. The summed E-state index contributed by atoms with van der Waals surface area (Å²) in [6.45, 7) is 5.98. The minimum Gasteiger partial charge on any atom is -0.444 e. The number of amides is 2. The Morgan fingerprint density at radius 3 is 2.70 bits per heavy atom. The molecule has 1 aliphatic heterocycles. The molecule has 2 N–H and O–H groups in total. The second kappa shape index (κ2) is 5.63. The van der Waals surface area contributed by atoms with Gasteiger partial charge in [-0.1, -0.05) is 24.3 Å². The minimum absolute atomic E-state index is 0.383. The van der Waals surface area contributed by atoms with E-state index in [4.69, 9.17) is 4.74 Å². The van der Waals surface area contributed by atoms with Crippen LogP contribution in [0.1, 0.15) is 37.9 Å². The molecule has 1 aromatic rings. The van der Waals surface area contributed by atoms with Crippen molar-refractivity contribution < 1.29 is 14.3 Å². The number of carbonyl (C=O) groups excluding carboxylic acids is 2. The van der Waals surface area contributed by atoms with Gasteiger partial charge in [-0.25, -0.2) is 4.79 Å². The van der Waals surface area contributed by atoms with Crippen molar-refractivity contribution in [1.29, 1.82) is 0 Å². The molecule has 2 amide bonds. The highest BCUT2D eigenvalue weighted by Crippen LogP contribution is 2.22. The van der Waals surface area contributed by atoms with Crippen LogP contribution >= 0.6 is 0 Å². The number of nitrogens with one attached hydrogen (secondary N) is 2. The first-order valence-corrected chi connectivity index (χ1v) is 6.72. The normalized spacial score (nSPS) is 18.1. The number of benzene rings is 1. The van der Waals surface area contributed by atoms with E-state index in [0.29, 0.717) is 6.54 Å². The van der Waals surface area contributed by atoms with Gasteiger partial charge >= 0.3 is 6.09 Å². The Labute approximate surface area is 118 Å². The molecule has 0 saturated heterocycles. The molecule has 1 atom stereocenters. The van der Waals surface area contributed by atoms with Crippen molar-refractivity contribution >= 4 is 12.0 Å². The lowest BCUT2D eigenvalue weighted by Crippen LogP contribution is -2.45. The lowest BCUT2D eigenvalue weighted by molar-refractivity contribution is -0.123. The highest BCUT2D eigenvalue weighted by atomic mass is 16.6. The second-order valence-corrected chi connectivity index (χ2v) is 5.83. The zero-order chi connectivity index (χ0) is 14.8. The monoisotopic (exact) mass is 276 g/mol. The Bertz CT molecular complexity index is 520. The molecule has 0 bridgehead atoms. The molecule has 1 unspecified atom stereocenters. The van der Waals surface area contributed by atoms with Crippen molar-refractivity contribution in [1.82, 2.24) is 10.6 Å². The topological polar surface area (TPSA) is 67.4 Å². The summed E-state index contributed by atoms with van der Waals surface area (Å²) in [5, 5.41) is 5.41. The third-order valence-electron chi connectivity index (χ3n) is 3.00. The predicted octanol–water partition coefficient (Wildman–Crippen LogP) is 1.92. The second-order valence-electron chi connectivity index (χ2n) is 5.83. The average molecular weight is 276 g/mol. The van der Waals surface area contributed by atoms with Crippen LogP contribution in [-0.2, 0) is 16.0 Å². The maximum atomic E-state index is 12.2. The summed E-state index contributed by atoms with van der Waals surface area (Å²) in [5.41, 5.74) is 1.43. The van der Waals surface area contributed by atoms with Crippen LogP contribution in [0.2, 0.25) is 0 Å². The molecule has 0 spiro atoms. The molecule has 0 aromatic heterocycles. The molecule has 5 heteroatoms. The van der Waals surface area contributed by atoms with Crippen LogP contribution < -0.4 is 10.6 Å². The lowest BCUT2D eigenvalue weighted by atomic mass is 9.94. The summed E-state index contributed by atoms with van der Waals surface area (Å²) in [5.74, 6) is -0.383. The molecule has 5 nitrogen and oxygen atoms in total. The lowest BCUT2D eigenvalue weighted by Gasteiger charge is -2.26. The molecule has 20 heavy (non-hydrogen) atoms. The summed E-state index contributed by atoms with van der Waals surface area (Å²) in [6.07, 6.45) is 0.166. The van der Waals surface area contributed by atoms with Gasteiger partial charge in [0.15, 0.2) is 0 Å². The Hall–Kier alpha value is -1.88. The fourth-order valence-electron chi connectivity index (χ4n) is 2.21. The van der Waals surface area contributed by atoms with Crippen molar-refractivity contribution in [2.75, 3.05) is 6.54 Å². The van der Waals surface area contributed by atoms with Crippen LogP contribution in [0.4, 0.5) is 4.79 Å². The standard InChI is InChI=1S/C15H20N2O3/c1-15(2,3)20-14(19)17-13(18)12-11-7-5-4-6-10(11)8-9-16-12/h4-7,12,16H,8-9H2,1-3H3,(H,17,18,19). The molecule has 1 aliphatic rings. The Balaban J connectivity index is 2.06. The molecule has 2 rings (SSSR count).